The fourth-order valence-corrected chi connectivity index (χ4v) is 2.52. The predicted octanol–water partition coefficient (Wildman–Crippen LogP) is 3.32. The zero-order valence-electron chi connectivity index (χ0n) is 14.9. The minimum Gasteiger partial charge on any atom is -0.478 e. The van der Waals surface area contributed by atoms with Crippen molar-refractivity contribution in [2.24, 2.45) is 0 Å². The molecule has 2 aromatic carbocycles. The second kappa shape index (κ2) is 9.56. The van der Waals surface area contributed by atoms with E-state index in [1.165, 1.54) is 25.1 Å². The summed E-state index contributed by atoms with van der Waals surface area (Å²) < 4.78 is 18.9. The van der Waals surface area contributed by atoms with Gasteiger partial charge in [-0.1, -0.05) is 55.8 Å². The fourth-order valence-electron chi connectivity index (χ4n) is 2.52. The number of amides is 2. The molecule has 2 amide bonds. The van der Waals surface area contributed by atoms with E-state index in [1.807, 2.05) is 37.3 Å². The molecule has 2 atom stereocenters. The van der Waals surface area contributed by atoms with Gasteiger partial charge in [0.05, 0.1) is 5.92 Å². The van der Waals surface area contributed by atoms with E-state index < -0.39 is 17.8 Å². The molecule has 2 rings (SSSR count). The van der Waals surface area contributed by atoms with Crippen molar-refractivity contribution in [1.29, 1.82) is 0 Å². The van der Waals surface area contributed by atoms with Crippen LogP contribution >= 0.6 is 0 Å². The molecule has 0 aromatic heterocycles. The van der Waals surface area contributed by atoms with E-state index in [1.54, 1.807) is 6.07 Å². The summed E-state index contributed by atoms with van der Waals surface area (Å²) in [5, 5.41) is 0. The second-order valence-corrected chi connectivity index (χ2v) is 5.92. The van der Waals surface area contributed by atoms with Crippen molar-refractivity contribution in [3.63, 3.8) is 0 Å². The lowest BCUT2D eigenvalue weighted by Gasteiger charge is -2.19. The number of benzene rings is 2. The van der Waals surface area contributed by atoms with Crippen molar-refractivity contribution in [2.75, 3.05) is 0 Å². The van der Waals surface area contributed by atoms with Crippen LogP contribution in [0.3, 0.4) is 0 Å². The number of hydrogen-bond acceptors (Lipinski definition) is 3. The Labute approximate surface area is 152 Å². The highest BCUT2D eigenvalue weighted by molar-refractivity contribution is 5.87. The van der Waals surface area contributed by atoms with Gasteiger partial charge in [0.1, 0.15) is 0 Å². The summed E-state index contributed by atoms with van der Waals surface area (Å²) in [5.41, 5.74) is 5.67. The lowest BCUT2D eigenvalue weighted by molar-refractivity contribution is -0.133. The summed E-state index contributed by atoms with van der Waals surface area (Å²) in [4.78, 5) is 24.6. The van der Waals surface area contributed by atoms with Gasteiger partial charge in [0.25, 0.3) is 5.91 Å². The van der Waals surface area contributed by atoms with Crippen LogP contribution in [0.2, 0.25) is 0 Å². The van der Waals surface area contributed by atoms with Crippen LogP contribution in [-0.4, -0.2) is 17.9 Å². The number of carbonyl (C=O) groups excluding carboxylic acids is 2. The Morgan fingerprint density at radius 2 is 1.62 bits per heavy atom. The van der Waals surface area contributed by atoms with Crippen LogP contribution in [0, 0.1) is 5.82 Å². The molecule has 0 heterocycles. The van der Waals surface area contributed by atoms with Crippen LogP contribution in [0.1, 0.15) is 38.2 Å². The van der Waals surface area contributed by atoms with E-state index in [4.69, 9.17) is 4.74 Å². The third kappa shape index (κ3) is 5.31. The molecule has 5 nitrogen and oxygen atoms in total. The number of nitrogens with one attached hydrogen (secondary N) is 2. The number of para-hydroxylation sites is 1. The minimum absolute atomic E-state index is 0.0189. The number of hydrogen-bond donors (Lipinski definition) is 2. The van der Waals surface area contributed by atoms with Crippen molar-refractivity contribution >= 4 is 11.8 Å². The Balaban J connectivity index is 1.92. The monoisotopic (exact) mass is 358 g/mol. The molecule has 0 fully saturated rings. The summed E-state index contributed by atoms with van der Waals surface area (Å²) >= 11 is 0. The molecule has 2 N–H and O–H groups in total. The van der Waals surface area contributed by atoms with Crippen LogP contribution < -0.4 is 15.6 Å². The number of halogens is 1. The maximum absolute atomic E-state index is 13.6. The van der Waals surface area contributed by atoms with Gasteiger partial charge in [0.15, 0.2) is 17.7 Å². The van der Waals surface area contributed by atoms with Crippen molar-refractivity contribution in [1.82, 2.24) is 10.9 Å². The molecule has 138 valence electrons. The predicted molar refractivity (Wildman–Crippen MR) is 96.9 cm³/mol. The second-order valence-electron chi connectivity index (χ2n) is 5.92. The van der Waals surface area contributed by atoms with E-state index in [0.717, 1.165) is 12.0 Å². The molecule has 0 aliphatic carbocycles. The summed E-state index contributed by atoms with van der Waals surface area (Å²) in [7, 11) is 0. The van der Waals surface area contributed by atoms with Gasteiger partial charge in [-0.15, -0.1) is 0 Å². The standard InChI is InChI=1S/C20H23FN2O3/c1-3-9-16(15-10-5-4-6-11-15)20(25)23-22-19(24)14(2)26-18-13-8-7-12-17(18)21/h4-8,10-14,16H,3,9H2,1-2H3,(H,22,24)(H,23,25)/t14-,16-/m1/s1. The highest BCUT2D eigenvalue weighted by atomic mass is 19.1. The van der Waals surface area contributed by atoms with Crippen LogP contribution in [0.5, 0.6) is 5.75 Å². The smallest absolute Gasteiger partial charge is 0.279 e. The van der Waals surface area contributed by atoms with Gasteiger partial charge < -0.3 is 4.74 Å². The van der Waals surface area contributed by atoms with Crippen molar-refractivity contribution < 1.29 is 18.7 Å². The van der Waals surface area contributed by atoms with Gasteiger partial charge in [-0.25, -0.2) is 4.39 Å². The average Bonchev–Trinajstić information content (AvgIpc) is 2.66. The summed E-state index contributed by atoms with van der Waals surface area (Å²) in [6, 6.07) is 15.2. The van der Waals surface area contributed by atoms with Gasteiger partial charge in [0, 0.05) is 0 Å². The molecule has 0 saturated heterocycles. The molecular formula is C20H23FN2O3. The van der Waals surface area contributed by atoms with Gasteiger partial charge >= 0.3 is 0 Å². The molecular weight excluding hydrogens is 335 g/mol. The molecule has 0 spiro atoms. The van der Waals surface area contributed by atoms with E-state index in [0.29, 0.717) is 6.42 Å². The normalized spacial score (nSPS) is 12.7. The van der Waals surface area contributed by atoms with E-state index >= 15 is 0 Å². The first kappa shape index (κ1) is 19.4. The van der Waals surface area contributed by atoms with Crippen LogP contribution in [0.4, 0.5) is 4.39 Å². The highest BCUT2D eigenvalue weighted by Gasteiger charge is 2.22. The molecule has 0 unspecified atom stereocenters. The van der Waals surface area contributed by atoms with Crippen LogP contribution in [0.25, 0.3) is 0 Å². The lowest BCUT2D eigenvalue weighted by atomic mass is 9.94. The third-order valence-corrected chi connectivity index (χ3v) is 3.91. The topological polar surface area (TPSA) is 67.4 Å². The zero-order valence-corrected chi connectivity index (χ0v) is 14.9. The van der Waals surface area contributed by atoms with Crippen molar-refractivity contribution in [3.05, 3.63) is 66.0 Å². The van der Waals surface area contributed by atoms with E-state index in [2.05, 4.69) is 10.9 Å². The van der Waals surface area contributed by atoms with Crippen molar-refractivity contribution in [3.8, 4) is 5.75 Å². The van der Waals surface area contributed by atoms with Crippen LogP contribution in [-0.2, 0) is 9.59 Å². The number of carbonyl (C=O) groups is 2. The van der Waals surface area contributed by atoms with Gasteiger partial charge in [0.2, 0.25) is 5.91 Å². The quantitative estimate of drug-likeness (QED) is 0.746. The first-order valence-electron chi connectivity index (χ1n) is 8.58. The molecule has 0 aliphatic rings. The third-order valence-electron chi connectivity index (χ3n) is 3.91. The highest BCUT2D eigenvalue weighted by Crippen LogP contribution is 2.21. The lowest BCUT2D eigenvalue weighted by Crippen LogP contribution is -2.48. The number of ether oxygens (including phenoxy) is 1. The molecule has 0 aliphatic heterocycles. The average molecular weight is 358 g/mol. The van der Waals surface area contributed by atoms with Crippen LogP contribution in [0.15, 0.2) is 54.6 Å². The maximum Gasteiger partial charge on any atom is 0.279 e. The Morgan fingerprint density at radius 1 is 1.00 bits per heavy atom. The van der Waals surface area contributed by atoms with Gasteiger partial charge in [-0.2, -0.15) is 0 Å². The maximum atomic E-state index is 13.6. The van der Waals surface area contributed by atoms with Gasteiger partial charge in [-0.3, -0.25) is 20.4 Å². The minimum atomic E-state index is -0.964. The van der Waals surface area contributed by atoms with E-state index in [-0.39, 0.29) is 17.6 Å². The molecule has 2 aromatic rings. The molecule has 0 radical (unpaired) electrons. The van der Waals surface area contributed by atoms with E-state index in [9.17, 15) is 14.0 Å². The summed E-state index contributed by atoms with van der Waals surface area (Å²) in [6.07, 6.45) is 0.523. The first-order chi connectivity index (χ1) is 12.5. The van der Waals surface area contributed by atoms with Gasteiger partial charge in [-0.05, 0) is 31.0 Å². The van der Waals surface area contributed by atoms with Crippen molar-refractivity contribution in [2.45, 2.75) is 38.7 Å². The molecule has 0 bridgehead atoms. The Morgan fingerprint density at radius 3 is 2.27 bits per heavy atom. The zero-order chi connectivity index (χ0) is 18.9. The Kier molecular flexibility index (Phi) is 7.14. The summed E-state index contributed by atoms with van der Waals surface area (Å²) in [5.74, 6) is -1.79. The molecule has 6 heteroatoms. The fraction of sp³-hybridized carbons (Fsp3) is 0.300. The Bertz CT molecular complexity index is 737. The first-order valence-corrected chi connectivity index (χ1v) is 8.58. The summed E-state index contributed by atoms with van der Waals surface area (Å²) in [6.45, 7) is 3.47. The number of hydrazine groups is 1. The molecule has 0 saturated carbocycles. The number of rotatable bonds is 7. The molecule has 26 heavy (non-hydrogen) atoms. The SMILES string of the molecule is CCC[C@@H](C(=O)NNC(=O)[C@@H](C)Oc1ccccc1F)c1ccccc1. The largest absolute Gasteiger partial charge is 0.478 e. The Hall–Kier alpha value is -2.89.